The summed E-state index contributed by atoms with van der Waals surface area (Å²) >= 11 is 0. The van der Waals surface area contributed by atoms with Gasteiger partial charge in [0.05, 0.1) is 4.90 Å². The first kappa shape index (κ1) is 17.6. The summed E-state index contributed by atoms with van der Waals surface area (Å²) in [6.45, 7) is 4.82. The van der Waals surface area contributed by atoms with Crippen molar-refractivity contribution in [2.45, 2.75) is 17.4 Å². The van der Waals surface area contributed by atoms with Crippen LogP contribution in [0.5, 0.6) is 0 Å². The zero-order valence-corrected chi connectivity index (χ0v) is 13.9. The highest BCUT2D eigenvalue weighted by Gasteiger charge is 2.35. The predicted molar refractivity (Wildman–Crippen MR) is 85.3 cm³/mol. The highest BCUT2D eigenvalue weighted by molar-refractivity contribution is 7.89. The fraction of sp³-hybridized carbons (Fsp3) is 0.571. The molecule has 2 aliphatic rings. The summed E-state index contributed by atoms with van der Waals surface area (Å²) in [5.41, 5.74) is 0. The van der Waals surface area contributed by atoms with Crippen LogP contribution in [0.2, 0.25) is 0 Å². The number of halogens is 2. The number of sulfonamides is 1. The van der Waals surface area contributed by atoms with Crippen LogP contribution in [0.15, 0.2) is 29.2 Å². The average Bonchev–Trinajstić information content (AvgIpc) is 2.99. The molecule has 22 heavy (non-hydrogen) atoms. The van der Waals surface area contributed by atoms with Gasteiger partial charge in [0.25, 0.3) is 0 Å². The summed E-state index contributed by atoms with van der Waals surface area (Å²) < 4.78 is 39.8. The zero-order chi connectivity index (χ0) is 14.9. The molecule has 3 rings (SSSR count). The van der Waals surface area contributed by atoms with Gasteiger partial charge in [-0.15, -0.1) is 12.4 Å². The van der Waals surface area contributed by atoms with E-state index in [0.29, 0.717) is 13.1 Å². The molecule has 124 valence electrons. The molecule has 1 atom stereocenters. The van der Waals surface area contributed by atoms with Crippen molar-refractivity contribution >= 4 is 22.4 Å². The topological polar surface area (TPSA) is 52.7 Å². The van der Waals surface area contributed by atoms with Crippen LogP contribution in [-0.4, -0.2) is 62.9 Å². The van der Waals surface area contributed by atoms with Crippen molar-refractivity contribution in [1.82, 2.24) is 14.5 Å². The largest absolute Gasteiger partial charge is 0.314 e. The molecule has 1 aromatic rings. The molecule has 2 heterocycles. The minimum Gasteiger partial charge on any atom is -0.314 e. The van der Waals surface area contributed by atoms with Crippen LogP contribution in [0.4, 0.5) is 4.39 Å². The lowest BCUT2D eigenvalue weighted by molar-refractivity contribution is 0.179. The molecular weight excluding hydrogens is 329 g/mol. The van der Waals surface area contributed by atoms with E-state index in [9.17, 15) is 12.8 Å². The lowest BCUT2D eigenvalue weighted by atomic mass is 10.2. The number of hydrogen-bond acceptors (Lipinski definition) is 4. The standard InChI is InChI=1S/C14H20FN3O2S.ClH/c15-12-2-1-3-14(10-12)21(19,20)18-7-4-13(11-18)17-8-5-16-6-9-17;/h1-3,10,13,16H,4-9,11H2;1H. The maximum atomic E-state index is 13.3. The maximum absolute atomic E-state index is 13.3. The first-order valence-electron chi connectivity index (χ1n) is 7.28. The second kappa shape index (κ2) is 7.23. The van der Waals surface area contributed by atoms with E-state index in [2.05, 4.69) is 10.2 Å². The van der Waals surface area contributed by atoms with Crippen molar-refractivity contribution in [2.24, 2.45) is 0 Å². The zero-order valence-electron chi connectivity index (χ0n) is 12.2. The third kappa shape index (κ3) is 3.60. The Morgan fingerprint density at radius 1 is 1.18 bits per heavy atom. The third-order valence-electron chi connectivity index (χ3n) is 4.23. The second-order valence-corrected chi connectivity index (χ2v) is 7.49. The quantitative estimate of drug-likeness (QED) is 0.881. The van der Waals surface area contributed by atoms with Crippen molar-refractivity contribution in [3.05, 3.63) is 30.1 Å². The maximum Gasteiger partial charge on any atom is 0.243 e. The van der Waals surface area contributed by atoms with Gasteiger partial charge < -0.3 is 5.32 Å². The molecule has 1 unspecified atom stereocenters. The van der Waals surface area contributed by atoms with Crippen LogP contribution < -0.4 is 5.32 Å². The molecular formula is C14H21ClFN3O2S. The van der Waals surface area contributed by atoms with Crippen molar-refractivity contribution in [3.63, 3.8) is 0 Å². The van der Waals surface area contributed by atoms with E-state index in [0.717, 1.165) is 38.7 Å². The van der Waals surface area contributed by atoms with E-state index in [1.165, 1.54) is 22.5 Å². The van der Waals surface area contributed by atoms with Gasteiger partial charge in [-0.3, -0.25) is 4.90 Å². The second-order valence-electron chi connectivity index (χ2n) is 5.55. The van der Waals surface area contributed by atoms with Crippen molar-refractivity contribution in [3.8, 4) is 0 Å². The Hall–Kier alpha value is -0.730. The van der Waals surface area contributed by atoms with E-state index in [-0.39, 0.29) is 23.3 Å². The number of rotatable bonds is 3. The molecule has 0 radical (unpaired) electrons. The average molecular weight is 350 g/mol. The van der Waals surface area contributed by atoms with Gasteiger partial charge >= 0.3 is 0 Å². The SMILES string of the molecule is Cl.O=S(=O)(c1cccc(F)c1)N1CCC(N2CCNCC2)C1. The van der Waals surface area contributed by atoms with Crippen LogP contribution >= 0.6 is 12.4 Å². The molecule has 0 amide bonds. The van der Waals surface area contributed by atoms with E-state index < -0.39 is 15.8 Å². The highest BCUT2D eigenvalue weighted by atomic mass is 35.5. The molecule has 0 bridgehead atoms. The number of nitrogens with one attached hydrogen (secondary N) is 1. The summed E-state index contributed by atoms with van der Waals surface area (Å²) in [5, 5.41) is 3.30. The monoisotopic (exact) mass is 349 g/mol. The summed E-state index contributed by atoms with van der Waals surface area (Å²) in [6, 6.07) is 5.51. The van der Waals surface area contributed by atoms with Gasteiger partial charge in [-0.1, -0.05) is 6.07 Å². The molecule has 0 aromatic heterocycles. The fourth-order valence-corrected chi connectivity index (χ4v) is 4.58. The minimum absolute atomic E-state index is 0. The van der Waals surface area contributed by atoms with Crippen molar-refractivity contribution < 1.29 is 12.8 Å². The molecule has 2 saturated heterocycles. The van der Waals surface area contributed by atoms with Gasteiger partial charge in [0.15, 0.2) is 0 Å². The first-order valence-corrected chi connectivity index (χ1v) is 8.72. The van der Waals surface area contributed by atoms with E-state index in [1.807, 2.05) is 0 Å². The van der Waals surface area contributed by atoms with Gasteiger partial charge in [-0.05, 0) is 24.6 Å². The van der Waals surface area contributed by atoms with E-state index >= 15 is 0 Å². The Labute approximate surface area is 136 Å². The third-order valence-corrected chi connectivity index (χ3v) is 6.09. The van der Waals surface area contributed by atoms with Crippen LogP contribution in [0, 0.1) is 5.82 Å². The minimum atomic E-state index is -3.58. The van der Waals surface area contributed by atoms with Crippen LogP contribution in [-0.2, 0) is 10.0 Å². The molecule has 8 heteroatoms. The first-order chi connectivity index (χ1) is 10.1. The number of nitrogens with zero attached hydrogens (tertiary/aromatic N) is 2. The fourth-order valence-electron chi connectivity index (χ4n) is 3.05. The molecule has 2 fully saturated rings. The molecule has 1 aromatic carbocycles. The molecule has 0 saturated carbocycles. The Morgan fingerprint density at radius 3 is 2.59 bits per heavy atom. The van der Waals surface area contributed by atoms with Gasteiger partial charge in [0, 0.05) is 45.3 Å². The lowest BCUT2D eigenvalue weighted by Crippen LogP contribution is -2.49. The molecule has 1 N–H and O–H groups in total. The molecule has 0 spiro atoms. The molecule has 2 aliphatic heterocycles. The summed E-state index contributed by atoms with van der Waals surface area (Å²) in [5.74, 6) is -0.520. The lowest BCUT2D eigenvalue weighted by Gasteiger charge is -2.32. The number of piperazine rings is 1. The summed E-state index contributed by atoms with van der Waals surface area (Å²) in [4.78, 5) is 2.39. The summed E-state index contributed by atoms with van der Waals surface area (Å²) in [6.07, 6.45) is 0.842. The van der Waals surface area contributed by atoms with Gasteiger partial charge in [0.1, 0.15) is 5.82 Å². The Morgan fingerprint density at radius 2 is 1.91 bits per heavy atom. The number of benzene rings is 1. The summed E-state index contributed by atoms with van der Waals surface area (Å²) in [7, 11) is -3.58. The van der Waals surface area contributed by atoms with Crippen LogP contribution in [0.1, 0.15) is 6.42 Å². The smallest absolute Gasteiger partial charge is 0.243 e. The molecule has 0 aliphatic carbocycles. The normalized spacial score (nSPS) is 24.1. The Bertz CT molecular complexity index is 608. The van der Waals surface area contributed by atoms with Gasteiger partial charge in [-0.25, -0.2) is 12.8 Å². The van der Waals surface area contributed by atoms with E-state index in [4.69, 9.17) is 0 Å². The van der Waals surface area contributed by atoms with Crippen molar-refractivity contribution in [1.29, 1.82) is 0 Å². The van der Waals surface area contributed by atoms with Crippen molar-refractivity contribution in [2.75, 3.05) is 39.3 Å². The van der Waals surface area contributed by atoms with Crippen LogP contribution in [0.3, 0.4) is 0 Å². The Balaban J connectivity index is 0.00000176. The molecule has 5 nitrogen and oxygen atoms in total. The van der Waals surface area contributed by atoms with Crippen LogP contribution in [0.25, 0.3) is 0 Å². The highest BCUT2D eigenvalue weighted by Crippen LogP contribution is 2.24. The predicted octanol–water partition coefficient (Wildman–Crippen LogP) is 0.916. The number of hydrogen-bond donors (Lipinski definition) is 1. The Kier molecular flexibility index (Phi) is 5.79. The van der Waals surface area contributed by atoms with Gasteiger partial charge in [-0.2, -0.15) is 4.31 Å². The van der Waals surface area contributed by atoms with Gasteiger partial charge in [0.2, 0.25) is 10.0 Å². The van der Waals surface area contributed by atoms with E-state index in [1.54, 1.807) is 0 Å².